The fraction of sp³-hybridized carbons (Fsp3) is 0.769. The van der Waals surface area contributed by atoms with Gasteiger partial charge >= 0.3 is 0 Å². The van der Waals surface area contributed by atoms with Crippen molar-refractivity contribution in [3.05, 3.63) is 11.9 Å². The predicted molar refractivity (Wildman–Crippen MR) is 77.2 cm³/mol. The van der Waals surface area contributed by atoms with Gasteiger partial charge in [0.1, 0.15) is 0 Å². The molecule has 1 fully saturated rings. The lowest BCUT2D eigenvalue weighted by molar-refractivity contribution is 0.558. The molecule has 1 aromatic heterocycles. The topological polar surface area (TPSA) is 64.0 Å². The third-order valence-corrected chi connectivity index (χ3v) is 5.27. The molecule has 1 N–H and O–H groups in total. The number of nitrogens with zero attached hydrogens (tertiary/aromatic N) is 2. The van der Waals surface area contributed by atoms with Crippen LogP contribution in [0, 0.1) is 6.92 Å². The Balaban J connectivity index is 2.05. The Morgan fingerprint density at radius 1 is 1.53 bits per heavy atom. The third kappa shape index (κ3) is 3.96. The number of nitrogens with one attached hydrogen (secondary N) is 1. The van der Waals surface area contributed by atoms with Crippen LogP contribution in [0.4, 0.5) is 5.95 Å². The van der Waals surface area contributed by atoms with Crippen molar-refractivity contribution in [2.75, 3.05) is 16.8 Å². The van der Waals surface area contributed by atoms with Crippen LogP contribution in [0.15, 0.2) is 6.20 Å². The molecule has 2 heterocycles. The molecule has 1 aliphatic heterocycles. The lowest BCUT2D eigenvalue weighted by atomic mass is 10.2. The first kappa shape index (κ1) is 14.4. The van der Waals surface area contributed by atoms with Crippen LogP contribution in [0.3, 0.4) is 0 Å². The summed E-state index contributed by atoms with van der Waals surface area (Å²) in [5.41, 5.74) is 0.970. The van der Waals surface area contributed by atoms with Gasteiger partial charge in [-0.1, -0.05) is 13.3 Å². The van der Waals surface area contributed by atoms with E-state index < -0.39 is 9.84 Å². The van der Waals surface area contributed by atoms with E-state index in [0.29, 0.717) is 5.75 Å². The van der Waals surface area contributed by atoms with Crippen LogP contribution in [0.5, 0.6) is 0 Å². The number of sulfone groups is 1. The molecule has 0 radical (unpaired) electrons. The molecule has 1 aliphatic rings. The number of hydrogen-bond acceptors (Lipinski definition) is 4. The maximum atomic E-state index is 11.6. The Morgan fingerprint density at radius 3 is 3.00 bits per heavy atom. The molecule has 1 saturated heterocycles. The summed E-state index contributed by atoms with van der Waals surface area (Å²) >= 11 is 0. The highest BCUT2D eigenvalue weighted by molar-refractivity contribution is 7.91. The van der Waals surface area contributed by atoms with E-state index in [9.17, 15) is 8.42 Å². The highest BCUT2D eigenvalue weighted by Gasteiger charge is 2.25. The zero-order valence-electron chi connectivity index (χ0n) is 11.7. The van der Waals surface area contributed by atoms with Gasteiger partial charge in [0.2, 0.25) is 5.95 Å². The lowest BCUT2D eigenvalue weighted by Gasteiger charge is -2.23. The monoisotopic (exact) mass is 285 g/mol. The van der Waals surface area contributed by atoms with Crippen molar-refractivity contribution in [3.8, 4) is 0 Å². The first-order valence-electron chi connectivity index (χ1n) is 7.01. The van der Waals surface area contributed by atoms with E-state index in [1.54, 1.807) is 0 Å². The second-order valence-corrected chi connectivity index (χ2v) is 7.58. The number of rotatable bonds is 5. The SMILES string of the molecule is CCCCn1cc(C)nc1NC1CCCS(=O)(=O)C1. The molecule has 0 saturated carbocycles. The van der Waals surface area contributed by atoms with E-state index in [2.05, 4.69) is 21.8 Å². The van der Waals surface area contributed by atoms with E-state index >= 15 is 0 Å². The van der Waals surface area contributed by atoms with Gasteiger partial charge in [-0.25, -0.2) is 13.4 Å². The van der Waals surface area contributed by atoms with Gasteiger partial charge in [0.05, 0.1) is 17.2 Å². The Labute approximate surface area is 115 Å². The van der Waals surface area contributed by atoms with E-state index in [1.165, 1.54) is 0 Å². The highest BCUT2D eigenvalue weighted by atomic mass is 32.2. The van der Waals surface area contributed by atoms with E-state index in [0.717, 1.165) is 43.9 Å². The summed E-state index contributed by atoms with van der Waals surface area (Å²) in [6, 6.07) is 0.000858. The molecule has 0 spiro atoms. The number of unbranched alkanes of at least 4 members (excludes halogenated alkanes) is 1. The molecule has 0 aromatic carbocycles. The quantitative estimate of drug-likeness (QED) is 0.898. The minimum atomic E-state index is -2.87. The Kier molecular flexibility index (Phi) is 4.50. The van der Waals surface area contributed by atoms with Crippen LogP contribution in [0.1, 0.15) is 38.3 Å². The van der Waals surface area contributed by atoms with Crippen molar-refractivity contribution in [2.45, 2.75) is 52.1 Å². The second-order valence-electron chi connectivity index (χ2n) is 5.35. The van der Waals surface area contributed by atoms with Gasteiger partial charge in [0.25, 0.3) is 0 Å². The normalized spacial score (nSPS) is 22.3. The van der Waals surface area contributed by atoms with Crippen LogP contribution in [-0.4, -0.2) is 35.5 Å². The van der Waals surface area contributed by atoms with Crippen LogP contribution < -0.4 is 5.32 Å². The van der Waals surface area contributed by atoms with Gasteiger partial charge in [-0.15, -0.1) is 0 Å². The van der Waals surface area contributed by atoms with Crippen LogP contribution in [0.25, 0.3) is 0 Å². The van der Waals surface area contributed by atoms with E-state index in [4.69, 9.17) is 0 Å². The fourth-order valence-electron chi connectivity index (χ4n) is 2.48. The molecule has 1 unspecified atom stereocenters. The van der Waals surface area contributed by atoms with Crippen LogP contribution in [-0.2, 0) is 16.4 Å². The minimum absolute atomic E-state index is 0.000858. The van der Waals surface area contributed by atoms with Crippen molar-refractivity contribution < 1.29 is 8.42 Å². The molecular weight excluding hydrogens is 262 g/mol. The molecule has 0 aliphatic carbocycles. The molecule has 2 rings (SSSR count). The number of aryl methyl sites for hydroxylation is 2. The van der Waals surface area contributed by atoms with Crippen LogP contribution >= 0.6 is 0 Å². The zero-order valence-corrected chi connectivity index (χ0v) is 12.5. The Morgan fingerprint density at radius 2 is 2.32 bits per heavy atom. The molecular formula is C13H23N3O2S. The number of hydrogen-bond donors (Lipinski definition) is 1. The molecule has 6 heteroatoms. The predicted octanol–water partition coefficient (Wildman–Crippen LogP) is 1.98. The first-order valence-corrected chi connectivity index (χ1v) is 8.83. The lowest BCUT2D eigenvalue weighted by Crippen LogP contribution is -2.35. The fourth-order valence-corrected chi connectivity index (χ4v) is 4.12. The van der Waals surface area contributed by atoms with Gasteiger partial charge in [-0.3, -0.25) is 0 Å². The van der Waals surface area contributed by atoms with Crippen molar-refractivity contribution in [3.63, 3.8) is 0 Å². The van der Waals surface area contributed by atoms with Crippen molar-refractivity contribution >= 4 is 15.8 Å². The van der Waals surface area contributed by atoms with Gasteiger partial charge in [0, 0.05) is 18.8 Å². The van der Waals surface area contributed by atoms with Crippen LogP contribution in [0.2, 0.25) is 0 Å². The summed E-state index contributed by atoms with van der Waals surface area (Å²) in [5.74, 6) is 1.37. The summed E-state index contributed by atoms with van der Waals surface area (Å²) in [4.78, 5) is 4.46. The molecule has 1 aromatic rings. The van der Waals surface area contributed by atoms with Crippen molar-refractivity contribution in [1.29, 1.82) is 0 Å². The summed E-state index contributed by atoms with van der Waals surface area (Å²) in [7, 11) is -2.87. The average Bonchev–Trinajstić information content (AvgIpc) is 2.65. The summed E-state index contributed by atoms with van der Waals surface area (Å²) < 4.78 is 25.4. The Bertz CT molecular complexity index is 522. The van der Waals surface area contributed by atoms with Gasteiger partial charge in [-0.05, 0) is 26.2 Å². The van der Waals surface area contributed by atoms with Crippen molar-refractivity contribution in [2.24, 2.45) is 0 Å². The van der Waals surface area contributed by atoms with E-state index in [-0.39, 0.29) is 11.8 Å². The molecule has 108 valence electrons. The van der Waals surface area contributed by atoms with Gasteiger partial charge in [0.15, 0.2) is 9.84 Å². The maximum absolute atomic E-state index is 11.6. The number of aromatic nitrogens is 2. The van der Waals surface area contributed by atoms with Gasteiger partial charge in [-0.2, -0.15) is 0 Å². The average molecular weight is 285 g/mol. The van der Waals surface area contributed by atoms with E-state index in [1.807, 2.05) is 13.1 Å². The zero-order chi connectivity index (χ0) is 13.9. The second kappa shape index (κ2) is 5.94. The van der Waals surface area contributed by atoms with Crippen molar-refractivity contribution in [1.82, 2.24) is 9.55 Å². The summed E-state index contributed by atoms with van der Waals surface area (Å²) in [6.07, 6.45) is 5.91. The first-order chi connectivity index (χ1) is 9.00. The highest BCUT2D eigenvalue weighted by Crippen LogP contribution is 2.18. The molecule has 1 atom stereocenters. The standard InChI is InChI=1S/C13H23N3O2S/c1-3-4-7-16-9-11(2)14-13(16)15-12-6-5-8-19(17,18)10-12/h9,12H,3-8,10H2,1-2H3,(H,14,15). The molecule has 0 amide bonds. The maximum Gasteiger partial charge on any atom is 0.203 e. The number of anilines is 1. The molecule has 0 bridgehead atoms. The molecule has 5 nitrogen and oxygen atoms in total. The summed E-state index contributed by atoms with van der Waals surface area (Å²) in [5, 5.41) is 3.31. The smallest absolute Gasteiger partial charge is 0.203 e. The molecule has 19 heavy (non-hydrogen) atoms. The Hall–Kier alpha value is -1.04. The summed E-state index contributed by atoms with van der Waals surface area (Å²) in [6.45, 7) is 5.05. The minimum Gasteiger partial charge on any atom is -0.352 e. The third-order valence-electron chi connectivity index (χ3n) is 3.45. The van der Waals surface area contributed by atoms with Gasteiger partial charge < -0.3 is 9.88 Å². The largest absolute Gasteiger partial charge is 0.352 e. The number of imidazole rings is 1.